The predicted molar refractivity (Wildman–Crippen MR) is 285 cm³/mol. The number of fused-ring (bicyclic) bond motifs is 2. The lowest BCUT2D eigenvalue weighted by molar-refractivity contribution is -0.127. The molecule has 1 aliphatic heterocycles. The molecule has 0 radical (unpaired) electrons. The number of phenolic OH excluding ortho intramolecular Hbond substituents is 1. The Kier molecular flexibility index (Phi) is 14.5. The number of halogens is 2. The Morgan fingerprint density at radius 2 is 1.69 bits per heavy atom. The van der Waals surface area contributed by atoms with Gasteiger partial charge in [-0.05, 0) is 93.6 Å². The third-order valence-corrected chi connectivity index (χ3v) is 13.6. The van der Waals surface area contributed by atoms with Gasteiger partial charge in [0.2, 0.25) is 5.95 Å². The van der Waals surface area contributed by atoms with E-state index in [-0.39, 0.29) is 73.5 Å². The number of amides is 1. The Hall–Kier alpha value is -8.12. The highest BCUT2D eigenvalue weighted by Gasteiger charge is 2.33. The fourth-order valence-electron chi connectivity index (χ4n) is 9.65. The fourth-order valence-corrected chi connectivity index (χ4v) is 9.65. The van der Waals surface area contributed by atoms with E-state index in [1.807, 2.05) is 99.1 Å². The van der Waals surface area contributed by atoms with E-state index in [2.05, 4.69) is 50.2 Å². The molecule has 1 fully saturated rings. The number of aliphatic hydroxyl groups is 1. The number of rotatable bonds is 16. The normalized spacial score (nSPS) is 14.4. The van der Waals surface area contributed by atoms with Crippen molar-refractivity contribution in [1.29, 1.82) is 0 Å². The molecular formula is C56H60F2N12O4. The molecule has 0 unspecified atom stereocenters. The lowest BCUT2D eigenvalue weighted by Gasteiger charge is -2.41. The van der Waals surface area contributed by atoms with Gasteiger partial charge >= 0.3 is 5.69 Å². The molecule has 16 nitrogen and oxygen atoms in total. The van der Waals surface area contributed by atoms with Gasteiger partial charge in [0.15, 0.2) is 11.5 Å². The maximum atomic E-state index is 16.5. The fraction of sp³-hybridized carbons (Fsp3) is 0.321. The summed E-state index contributed by atoms with van der Waals surface area (Å²) in [5.74, 6) is -1.73. The molecule has 18 heteroatoms. The van der Waals surface area contributed by atoms with Gasteiger partial charge in [0.1, 0.15) is 34.5 Å². The molecule has 9 rings (SSSR count). The van der Waals surface area contributed by atoms with Crippen molar-refractivity contribution in [2.24, 2.45) is 0 Å². The van der Waals surface area contributed by atoms with Crippen LogP contribution < -0.4 is 20.8 Å². The minimum atomic E-state index is -0.937. The first-order valence-electron chi connectivity index (χ1n) is 24.9. The molecule has 2 atom stereocenters. The summed E-state index contributed by atoms with van der Waals surface area (Å²) < 4.78 is 35.2. The Balaban J connectivity index is 1.05. The van der Waals surface area contributed by atoms with E-state index >= 15 is 8.78 Å². The molecule has 6 aromatic heterocycles. The average Bonchev–Trinajstić information content (AvgIpc) is 3.82. The summed E-state index contributed by atoms with van der Waals surface area (Å²) in [5, 5.41) is 25.2. The number of nitrogens with one attached hydrogen (secondary N) is 1. The van der Waals surface area contributed by atoms with E-state index in [1.165, 1.54) is 22.8 Å². The lowest BCUT2D eigenvalue weighted by Crippen LogP contribution is -2.55. The molecule has 1 amide bonds. The van der Waals surface area contributed by atoms with E-state index in [0.29, 0.717) is 52.9 Å². The highest BCUT2D eigenvalue weighted by Crippen LogP contribution is 2.38. The van der Waals surface area contributed by atoms with Crippen LogP contribution in [0, 0.1) is 18.6 Å². The van der Waals surface area contributed by atoms with Crippen LogP contribution in [0.5, 0.6) is 5.75 Å². The first-order valence-corrected chi connectivity index (χ1v) is 24.9. The van der Waals surface area contributed by atoms with Gasteiger partial charge in [0.25, 0.3) is 5.91 Å². The number of carbonyl (C=O) groups excluding carboxylic acids is 1. The van der Waals surface area contributed by atoms with E-state index < -0.39 is 40.4 Å². The molecule has 382 valence electrons. The summed E-state index contributed by atoms with van der Waals surface area (Å²) in [5.41, 5.74) is 3.75. The number of aromatic nitrogens is 8. The SMILES string of the molecule is C=C(CN(Cc1ccc(-c2ccccn2)cc1)c1nc(N[C@H](CC)CO)nc2c1ccn2C(C)C)C(=O)N1CCN(c2nc(=O)n(-c3c(C)ccnc3C(C)C)c3nc(-c4c(O)cccc4F)c(F)cc23)[C@@H](C)C1. The van der Waals surface area contributed by atoms with Crippen LogP contribution in [0.1, 0.15) is 76.7 Å². The molecule has 0 bridgehead atoms. The van der Waals surface area contributed by atoms with Gasteiger partial charge in [-0.2, -0.15) is 15.0 Å². The summed E-state index contributed by atoms with van der Waals surface area (Å²) in [7, 11) is 0. The Morgan fingerprint density at radius 1 is 0.905 bits per heavy atom. The largest absolute Gasteiger partial charge is 0.507 e. The van der Waals surface area contributed by atoms with Crippen LogP contribution in [0.4, 0.5) is 26.4 Å². The van der Waals surface area contributed by atoms with Gasteiger partial charge in [0, 0.05) is 74.5 Å². The van der Waals surface area contributed by atoms with Crippen molar-refractivity contribution in [3.8, 4) is 34.0 Å². The number of phenols is 1. The maximum absolute atomic E-state index is 16.5. The van der Waals surface area contributed by atoms with Crippen molar-refractivity contribution in [1.82, 2.24) is 43.9 Å². The van der Waals surface area contributed by atoms with Crippen LogP contribution in [0.2, 0.25) is 0 Å². The number of anilines is 3. The zero-order valence-corrected chi connectivity index (χ0v) is 42.6. The number of piperazine rings is 1. The van der Waals surface area contributed by atoms with Crippen LogP contribution in [0.25, 0.3) is 50.3 Å². The van der Waals surface area contributed by atoms with E-state index in [1.54, 1.807) is 23.4 Å². The van der Waals surface area contributed by atoms with E-state index in [9.17, 15) is 19.8 Å². The number of aromatic hydroxyl groups is 1. The lowest BCUT2D eigenvalue weighted by atomic mass is 10.0. The van der Waals surface area contributed by atoms with Crippen LogP contribution in [-0.2, 0) is 11.3 Å². The summed E-state index contributed by atoms with van der Waals surface area (Å²) in [6.07, 6.45) is 6.01. The molecule has 3 N–H and O–H groups in total. The minimum Gasteiger partial charge on any atom is -0.507 e. The molecule has 0 spiro atoms. The van der Waals surface area contributed by atoms with Crippen molar-refractivity contribution in [3.63, 3.8) is 0 Å². The second kappa shape index (κ2) is 21.2. The van der Waals surface area contributed by atoms with Gasteiger partial charge in [-0.3, -0.25) is 14.8 Å². The molecular weight excluding hydrogens is 943 g/mol. The van der Waals surface area contributed by atoms with Gasteiger partial charge in [-0.1, -0.05) is 63.7 Å². The first kappa shape index (κ1) is 50.8. The van der Waals surface area contributed by atoms with Crippen LogP contribution in [0.3, 0.4) is 0 Å². The predicted octanol–water partition coefficient (Wildman–Crippen LogP) is 9.13. The van der Waals surface area contributed by atoms with Crippen LogP contribution in [-0.4, -0.2) is 105 Å². The average molecular weight is 1000 g/mol. The summed E-state index contributed by atoms with van der Waals surface area (Å²) in [6, 6.07) is 21.7. The molecule has 1 saturated heterocycles. The highest BCUT2D eigenvalue weighted by atomic mass is 19.1. The third-order valence-electron chi connectivity index (χ3n) is 13.6. The molecule has 2 aromatic carbocycles. The number of pyridine rings is 3. The van der Waals surface area contributed by atoms with Crippen molar-refractivity contribution >= 4 is 45.6 Å². The molecule has 8 aromatic rings. The number of aliphatic hydroxyl groups excluding tert-OH is 1. The Bertz CT molecular complexity index is 3430. The van der Waals surface area contributed by atoms with Gasteiger partial charge in [-0.15, -0.1) is 0 Å². The standard InChI is InChI=1S/C56H60F2N12O4/c1-9-39(31-71)61-55-63-50(40-21-24-68(33(4)5)51(40)64-55)67(30-37-16-18-38(19-17-37)44-14-10-11-22-59-44)28-35(7)54(73)66-25-26-69(36(8)29-66)52-41-27-43(58)48(46-42(57)13-12-15-45(46)72)62-53(41)70(56(74)65-52)49-34(6)20-23-60-47(49)32(2)3/h10-24,27,32-33,36,39,71-72H,7,9,25-26,28-31H2,1-6,8H3,(H,61,63,64)/t36-,39+/m0/s1. The second-order valence-electron chi connectivity index (χ2n) is 19.4. The highest BCUT2D eigenvalue weighted by molar-refractivity contribution is 5.96. The van der Waals surface area contributed by atoms with Gasteiger partial charge in [-0.25, -0.2) is 23.1 Å². The van der Waals surface area contributed by atoms with Crippen molar-refractivity contribution in [2.45, 2.75) is 85.5 Å². The molecule has 74 heavy (non-hydrogen) atoms. The number of aryl methyl sites for hydroxylation is 1. The monoisotopic (exact) mass is 1000 g/mol. The zero-order chi connectivity index (χ0) is 52.5. The van der Waals surface area contributed by atoms with E-state index in [4.69, 9.17) is 9.97 Å². The zero-order valence-electron chi connectivity index (χ0n) is 42.6. The van der Waals surface area contributed by atoms with Crippen molar-refractivity contribution in [2.75, 3.05) is 47.9 Å². The van der Waals surface area contributed by atoms with Gasteiger partial charge in [0.05, 0.1) is 46.1 Å². The van der Waals surface area contributed by atoms with Crippen molar-refractivity contribution < 1.29 is 23.8 Å². The number of hydrogen-bond acceptors (Lipinski definition) is 13. The van der Waals surface area contributed by atoms with Crippen molar-refractivity contribution in [3.05, 3.63) is 149 Å². The van der Waals surface area contributed by atoms with Crippen LogP contribution >= 0.6 is 0 Å². The molecule has 7 heterocycles. The topological polar surface area (TPSA) is 184 Å². The maximum Gasteiger partial charge on any atom is 0.355 e. The van der Waals surface area contributed by atoms with E-state index in [0.717, 1.165) is 28.3 Å². The number of benzene rings is 2. The summed E-state index contributed by atoms with van der Waals surface area (Å²) in [4.78, 5) is 63.2. The minimum absolute atomic E-state index is 0.00917. The smallest absolute Gasteiger partial charge is 0.355 e. The Labute approximate surface area is 427 Å². The number of carbonyl (C=O) groups is 1. The Morgan fingerprint density at radius 3 is 2.36 bits per heavy atom. The second-order valence-corrected chi connectivity index (χ2v) is 19.4. The van der Waals surface area contributed by atoms with Crippen LogP contribution in [0.15, 0.2) is 114 Å². The van der Waals surface area contributed by atoms with Gasteiger partial charge < -0.3 is 34.8 Å². The quantitative estimate of drug-likeness (QED) is 0.0780. The number of hydrogen-bond donors (Lipinski definition) is 3. The molecule has 0 saturated carbocycles. The summed E-state index contributed by atoms with van der Waals surface area (Å²) in [6.45, 7) is 19.0. The molecule has 0 aliphatic carbocycles. The third kappa shape index (κ3) is 9.88. The summed E-state index contributed by atoms with van der Waals surface area (Å²) >= 11 is 0. The first-order chi connectivity index (χ1) is 35.6. The molecule has 1 aliphatic rings. The number of nitrogens with zero attached hydrogens (tertiary/aromatic N) is 11.